The third kappa shape index (κ3) is 4.87. The second-order valence-electron chi connectivity index (χ2n) is 4.67. The highest BCUT2D eigenvalue weighted by Crippen LogP contribution is 2.14. The number of nitrogens with one attached hydrogen (secondary N) is 1. The first kappa shape index (κ1) is 13.5. The van der Waals surface area contributed by atoms with E-state index in [1.54, 1.807) is 0 Å². The molecular weight excluding hydrogens is 218 g/mol. The van der Waals surface area contributed by atoms with Gasteiger partial charge in [-0.2, -0.15) is 0 Å². The van der Waals surface area contributed by atoms with E-state index in [1.165, 1.54) is 7.11 Å². The molecule has 1 atom stereocenters. The number of benzene rings is 1. The molecule has 17 heavy (non-hydrogen) atoms. The molecule has 1 aromatic carbocycles. The van der Waals surface area contributed by atoms with Crippen molar-refractivity contribution in [1.29, 1.82) is 0 Å². The van der Waals surface area contributed by atoms with E-state index in [1.807, 2.05) is 51.1 Å². The average Bonchev–Trinajstić information content (AvgIpc) is 2.24. The van der Waals surface area contributed by atoms with Crippen LogP contribution in [0.4, 0.5) is 4.79 Å². The summed E-state index contributed by atoms with van der Waals surface area (Å²) in [6.45, 7) is 5.45. The number of methoxy groups -OCH3 is 1. The van der Waals surface area contributed by atoms with Crippen LogP contribution in [0.5, 0.6) is 0 Å². The van der Waals surface area contributed by atoms with Crippen molar-refractivity contribution in [3.8, 4) is 0 Å². The Morgan fingerprint density at radius 1 is 1.24 bits per heavy atom. The predicted octanol–water partition coefficient (Wildman–Crippen LogP) is 2.86. The number of hydrogen-bond donors (Lipinski definition) is 1. The van der Waals surface area contributed by atoms with Gasteiger partial charge < -0.3 is 9.47 Å². The number of hydrogen-bond acceptors (Lipinski definition) is 3. The Morgan fingerprint density at radius 3 is 2.29 bits per heavy atom. The van der Waals surface area contributed by atoms with Crippen molar-refractivity contribution in [3.63, 3.8) is 0 Å². The summed E-state index contributed by atoms with van der Waals surface area (Å²) in [5.41, 5.74) is 0.361. The second-order valence-corrected chi connectivity index (χ2v) is 4.67. The van der Waals surface area contributed by atoms with Gasteiger partial charge in [0.25, 0.3) is 0 Å². The molecule has 0 spiro atoms. The van der Waals surface area contributed by atoms with Gasteiger partial charge in [0.1, 0.15) is 5.60 Å². The van der Waals surface area contributed by atoms with Crippen LogP contribution in [-0.4, -0.2) is 18.8 Å². The van der Waals surface area contributed by atoms with Crippen molar-refractivity contribution in [2.75, 3.05) is 7.11 Å². The van der Waals surface area contributed by atoms with Gasteiger partial charge in [0.05, 0.1) is 0 Å². The van der Waals surface area contributed by atoms with Crippen molar-refractivity contribution in [1.82, 2.24) is 5.32 Å². The summed E-state index contributed by atoms with van der Waals surface area (Å²) in [4.78, 5) is 11.6. The molecule has 4 nitrogen and oxygen atoms in total. The van der Waals surface area contributed by atoms with Crippen LogP contribution in [0.15, 0.2) is 30.3 Å². The first-order chi connectivity index (χ1) is 7.92. The number of carbonyl (C=O) groups excluding carboxylic acids is 1. The Labute approximate surface area is 102 Å². The predicted molar refractivity (Wildman–Crippen MR) is 65.6 cm³/mol. The fraction of sp³-hybridized carbons (Fsp3) is 0.462. The third-order valence-corrected chi connectivity index (χ3v) is 1.99. The number of ether oxygens (including phenoxy) is 2. The molecule has 0 saturated carbocycles. The molecule has 94 valence electrons. The van der Waals surface area contributed by atoms with Gasteiger partial charge in [0, 0.05) is 12.7 Å². The van der Waals surface area contributed by atoms with E-state index in [-0.39, 0.29) is 0 Å². The molecule has 4 heteroatoms. The van der Waals surface area contributed by atoms with Crippen molar-refractivity contribution in [3.05, 3.63) is 35.9 Å². The number of amides is 1. The molecule has 1 aromatic rings. The molecular formula is C13H19NO3. The zero-order valence-electron chi connectivity index (χ0n) is 10.7. The first-order valence-corrected chi connectivity index (χ1v) is 5.49. The van der Waals surface area contributed by atoms with E-state index >= 15 is 0 Å². The Morgan fingerprint density at radius 2 is 1.82 bits per heavy atom. The van der Waals surface area contributed by atoms with Crippen LogP contribution in [-0.2, 0) is 9.47 Å². The molecule has 0 aliphatic rings. The zero-order valence-corrected chi connectivity index (χ0v) is 10.7. The maximum atomic E-state index is 11.6. The third-order valence-electron chi connectivity index (χ3n) is 1.99. The van der Waals surface area contributed by atoms with Crippen LogP contribution in [0.3, 0.4) is 0 Å². The lowest BCUT2D eigenvalue weighted by Crippen LogP contribution is -2.35. The quantitative estimate of drug-likeness (QED) is 0.822. The molecule has 1 rings (SSSR count). The van der Waals surface area contributed by atoms with Gasteiger partial charge in [0.2, 0.25) is 0 Å². The van der Waals surface area contributed by atoms with Crippen LogP contribution in [0.2, 0.25) is 0 Å². The van der Waals surface area contributed by atoms with Gasteiger partial charge in [-0.25, -0.2) is 4.79 Å². The van der Waals surface area contributed by atoms with E-state index in [2.05, 4.69) is 5.32 Å². The Hall–Kier alpha value is -1.55. The minimum Gasteiger partial charge on any atom is -0.444 e. The minimum absolute atomic E-state index is 0.492. The molecule has 0 heterocycles. The zero-order chi connectivity index (χ0) is 12.9. The summed E-state index contributed by atoms with van der Waals surface area (Å²) in [6.07, 6.45) is -0.987. The molecule has 0 radical (unpaired) electrons. The molecule has 0 aliphatic carbocycles. The topological polar surface area (TPSA) is 47.6 Å². The van der Waals surface area contributed by atoms with Gasteiger partial charge in [0.15, 0.2) is 6.23 Å². The van der Waals surface area contributed by atoms with E-state index < -0.39 is 17.9 Å². The van der Waals surface area contributed by atoms with E-state index in [0.29, 0.717) is 0 Å². The highest BCUT2D eigenvalue weighted by Gasteiger charge is 2.19. The molecule has 1 unspecified atom stereocenters. The number of carbonyl (C=O) groups is 1. The Balaban J connectivity index is 2.62. The SMILES string of the molecule is COC(NC(=O)OC(C)(C)C)c1ccccc1. The van der Waals surface area contributed by atoms with Crippen molar-refractivity contribution in [2.24, 2.45) is 0 Å². The lowest BCUT2D eigenvalue weighted by Gasteiger charge is -2.23. The van der Waals surface area contributed by atoms with Crippen molar-refractivity contribution >= 4 is 6.09 Å². The summed E-state index contributed by atoms with van der Waals surface area (Å²) >= 11 is 0. The smallest absolute Gasteiger partial charge is 0.409 e. The summed E-state index contributed by atoms with van der Waals surface area (Å²) in [5.74, 6) is 0. The summed E-state index contributed by atoms with van der Waals surface area (Å²) in [6, 6.07) is 9.44. The monoisotopic (exact) mass is 237 g/mol. The van der Waals surface area contributed by atoms with Gasteiger partial charge in [-0.15, -0.1) is 0 Å². The number of alkyl carbamates (subject to hydrolysis) is 1. The van der Waals surface area contributed by atoms with Crippen molar-refractivity contribution in [2.45, 2.75) is 32.6 Å². The Bertz CT molecular complexity index is 357. The highest BCUT2D eigenvalue weighted by atomic mass is 16.6. The van der Waals surface area contributed by atoms with E-state index in [9.17, 15) is 4.79 Å². The molecule has 0 aliphatic heterocycles. The summed E-state index contributed by atoms with van der Waals surface area (Å²) in [7, 11) is 1.54. The van der Waals surface area contributed by atoms with Crippen molar-refractivity contribution < 1.29 is 14.3 Å². The standard InChI is InChI=1S/C13H19NO3/c1-13(2,3)17-12(15)14-11(16-4)10-8-6-5-7-9-10/h5-9,11H,1-4H3,(H,14,15). The van der Waals surface area contributed by atoms with Crippen LogP contribution < -0.4 is 5.32 Å². The molecule has 1 amide bonds. The normalized spacial score (nSPS) is 12.9. The highest BCUT2D eigenvalue weighted by molar-refractivity contribution is 5.68. The van der Waals surface area contributed by atoms with Crippen LogP contribution in [0.25, 0.3) is 0 Å². The van der Waals surface area contributed by atoms with E-state index in [4.69, 9.17) is 9.47 Å². The van der Waals surface area contributed by atoms with Gasteiger partial charge in [-0.05, 0) is 20.8 Å². The fourth-order valence-corrected chi connectivity index (χ4v) is 1.32. The van der Waals surface area contributed by atoms with Crippen LogP contribution in [0, 0.1) is 0 Å². The number of rotatable bonds is 3. The second kappa shape index (κ2) is 5.68. The van der Waals surface area contributed by atoms with E-state index in [0.717, 1.165) is 5.56 Å². The lowest BCUT2D eigenvalue weighted by molar-refractivity contribution is 0.0231. The van der Waals surface area contributed by atoms with Gasteiger partial charge in [-0.1, -0.05) is 30.3 Å². The summed E-state index contributed by atoms with van der Waals surface area (Å²) < 4.78 is 10.4. The van der Waals surface area contributed by atoms with Crippen LogP contribution in [0.1, 0.15) is 32.6 Å². The first-order valence-electron chi connectivity index (χ1n) is 5.49. The fourth-order valence-electron chi connectivity index (χ4n) is 1.32. The minimum atomic E-state index is -0.515. The lowest BCUT2D eigenvalue weighted by atomic mass is 10.2. The van der Waals surface area contributed by atoms with Gasteiger partial charge >= 0.3 is 6.09 Å². The molecule has 0 fully saturated rings. The maximum absolute atomic E-state index is 11.6. The molecule has 1 N–H and O–H groups in total. The van der Waals surface area contributed by atoms with Crippen LogP contribution >= 0.6 is 0 Å². The maximum Gasteiger partial charge on any atom is 0.409 e. The van der Waals surface area contributed by atoms with Gasteiger partial charge in [-0.3, -0.25) is 5.32 Å². The Kier molecular flexibility index (Phi) is 4.52. The molecule has 0 aromatic heterocycles. The largest absolute Gasteiger partial charge is 0.444 e. The summed E-state index contributed by atoms with van der Waals surface area (Å²) in [5, 5.41) is 2.66. The molecule has 0 bridgehead atoms. The molecule has 0 saturated heterocycles. The average molecular weight is 237 g/mol.